The summed E-state index contributed by atoms with van der Waals surface area (Å²) in [5.74, 6) is -0.456. The van der Waals surface area contributed by atoms with E-state index in [4.69, 9.17) is 9.47 Å². The first-order chi connectivity index (χ1) is 16.7. The van der Waals surface area contributed by atoms with Gasteiger partial charge in [0.05, 0.1) is 24.8 Å². The number of methoxy groups -OCH3 is 2. The second-order valence-corrected chi connectivity index (χ2v) is 9.57. The predicted octanol–water partition coefficient (Wildman–Crippen LogP) is 4.80. The third kappa shape index (κ3) is 5.74. The van der Waals surface area contributed by atoms with Crippen LogP contribution in [0.3, 0.4) is 0 Å². The summed E-state index contributed by atoms with van der Waals surface area (Å²) >= 11 is 0. The molecule has 7 nitrogen and oxygen atoms in total. The van der Waals surface area contributed by atoms with Crippen LogP contribution < -0.4 is 19.1 Å². The van der Waals surface area contributed by atoms with Crippen LogP contribution in [-0.4, -0.2) is 35.1 Å². The maximum absolute atomic E-state index is 13.7. The first kappa shape index (κ1) is 26.0. The van der Waals surface area contributed by atoms with Crippen molar-refractivity contribution >= 4 is 27.3 Å². The number of ether oxygens (including phenoxy) is 2. The van der Waals surface area contributed by atoms with E-state index in [2.05, 4.69) is 5.32 Å². The molecule has 0 atom stereocenters. The molecule has 0 aliphatic rings. The Kier molecular flexibility index (Phi) is 8.34. The Bertz CT molecular complexity index is 1270. The lowest BCUT2D eigenvalue weighted by molar-refractivity contribution is -0.114. The molecule has 35 heavy (non-hydrogen) atoms. The third-order valence-corrected chi connectivity index (χ3v) is 7.38. The summed E-state index contributed by atoms with van der Waals surface area (Å²) in [7, 11) is -1.39. The zero-order chi connectivity index (χ0) is 25.6. The number of nitrogens with zero attached hydrogens (tertiary/aromatic N) is 1. The Hall–Kier alpha value is -3.59. The van der Waals surface area contributed by atoms with Crippen molar-refractivity contribution in [3.05, 3.63) is 77.6 Å². The number of sulfonamides is 1. The van der Waals surface area contributed by atoms with Crippen LogP contribution in [0.25, 0.3) is 0 Å². The zero-order valence-corrected chi connectivity index (χ0v) is 21.0. The molecule has 0 aliphatic carbocycles. The van der Waals surface area contributed by atoms with Crippen molar-refractivity contribution in [2.24, 2.45) is 0 Å². The first-order valence-corrected chi connectivity index (χ1v) is 12.6. The van der Waals surface area contributed by atoms with Gasteiger partial charge in [0.2, 0.25) is 5.91 Å². The Morgan fingerprint density at radius 3 is 2.06 bits per heavy atom. The molecule has 1 N–H and O–H groups in total. The van der Waals surface area contributed by atoms with Crippen LogP contribution in [0.1, 0.15) is 25.0 Å². The van der Waals surface area contributed by atoms with Crippen LogP contribution in [0.2, 0.25) is 0 Å². The van der Waals surface area contributed by atoms with Gasteiger partial charge in [0.1, 0.15) is 12.4 Å². The van der Waals surface area contributed by atoms with Crippen LogP contribution in [0.5, 0.6) is 11.5 Å². The van der Waals surface area contributed by atoms with Gasteiger partial charge in [-0.05, 0) is 60.4 Å². The number of anilines is 2. The number of halogens is 1. The molecule has 0 aliphatic heterocycles. The summed E-state index contributed by atoms with van der Waals surface area (Å²) in [4.78, 5) is 13.1. The molecule has 0 fully saturated rings. The number of carbonyl (C=O) groups excluding carboxylic acids is 1. The Morgan fingerprint density at radius 1 is 0.914 bits per heavy atom. The number of hydrogen-bond acceptors (Lipinski definition) is 5. The van der Waals surface area contributed by atoms with E-state index >= 15 is 0 Å². The molecule has 0 saturated carbocycles. The summed E-state index contributed by atoms with van der Waals surface area (Å²) in [5, 5.41) is 2.89. The highest BCUT2D eigenvalue weighted by molar-refractivity contribution is 7.92. The molecule has 0 spiro atoms. The topological polar surface area (TPSA) is 84.9 Å². The summed E-state index contributed by atoms with van der Waals surface area (Å²) in [6.07, 6.45) is 1.41. The van der Waals surface area contributed by atoms with Gasteiger partial charge in [0, 0.05) is 11.8 Å². The predicted molar refractivity (Wildman–Crippen MR) is 134 cm³/mol. The van der Waals surface area contributed by atoms with E-state index in [1.165, 1.54) is 44.6 Å². The fourth-order valence-corrected chi connectivity index (χ4v) is 5.18. The summed E-state index contributed by atoms with van der Waals surface area (Å²) < 4.78 is 52.3. The smallest absolute Gasteiger partial charge is 0.264 e. The molecule has 9 heteroatoms. The van der Waals surface area contributed by atoms with Gasteiger partial charge in [0.25, 0.3) is 10.0 Å². The fraction of sp³-hybridized carbons (Fsp3) is 0.269. The summed E-state index contributed by atoms with van der Waals surface area (Å²) in [5.41, 5.74) is 2.74. The zero-order valence-electron chi connectivity index (χ0n) is 20.2. The average Bonchev–Trinajstić information content (AvgIpc) is 2.87. The van der Waals surface area contributed by atoms with E-state index in [0.717, 1.165) is 27.6 Å². The van der Waals surface area contributed by atoms with Gasteiger partial charge in [-0.25, -0.2) is 12.8 Å². The second-order valence-electron chi connectivity index (χ2n) is 7.71. The van der Waals surface area contributed by atoms with E-state index in [1.807, 2.05) is 32.0 Å². The van der Waals surface area contributed by atoms with Crippen LogP contribution >= 0.6 is 0 Å². The van der Waals surface area contributed by atoms with Gasteiger partial charge in [-0.1, -0.05) is 32.0 Å². The summed E-state index contributed by atoms with van der Waals surface area (Å²) in [6.45, 7) is 3.46. The fourth-order valence-electron chi connectivity index (χ4n) is 3.74. The van der Waals surface area contributed by atoms with Gasteiger partial charge in [-0.15, -0.1) is 0 Å². The Balaban J connectivity index is 2.02. The van der Waals surface area contributed by atoms with Gasteiger partial charge < -0.3 is 14.8 Å². The highest BCUT2D eigenvalue weighted by Crippen LogP contribution is 2.32. The second kappa shape index (κ2) is 11.2. The maximum atomic E-state index is 13.7. The van der Waals surface area contributed by atoms with Crippen molar-refractivity contribution < 1.29 is 27.1 Å². The standard InChI is InChI=1S/C26H29FN2O5S/c1-5-18-8-7-9-19(6-2)26(18)28-25(30)17-29(21-12-10-20(27)11-13-21)35(31,32)22-14-15-23(33-3)24(16-22)34-4/h7-16H,5-6,17H2,1-4H3,(H,28,30). The molecule has 0 unspecified atom stereocenters. The molecule has 3 aromatic rings. The normalized spacial score (nSPS) is 11.1. The highest BCUT2D eigenvalue weighted by Gasteiger charge is 2.29. The lowest BCUT2D eigenvalue weighted by Gasteiger charge is -2.25. The number of nitrogens with one attached hydrogen (secondary N) is 1. The van der Waals surface area contributed by atoms with E-state index < -0.39 is 28.3 Å². The van der Waals surface area contributed by atoms with Gasteiger partial charge >= 0.3 is 0 Å². The average molecular weight is 501 g/mol. The molecular formula is C26H29FN2O5S. The monoisotopic (exact) mass is 500 g/mol. The minimum absolute atomic E-state index is 0.101. The largest absolute Gasteiger partial charge is 0.493 e. The third-order valence-electron chi connectivity index (χ3n) is 5.61. The molecule has 1 amide bonds. The summed E-state index contributed by atoms with van der Waals surface area (Å²) in [6, 6.07) is 14.9. The number of hydrogen-bond donors (Lipinski definition) is 1. The van der Waals surface area contributed by atoms with Crippen LogP contribution in [0.4, 0.5) is 15.8 Å². The molecule has 0 heterocycles. The number of carbonyl (C=O) groups is 1. The minimum atomic E-state index is -4.23. The number of aryl methyl sites for hydroxylation is 2. The number of rotatable bonds is 10. The Labute approximate surface area is 205 Å². The minimum Gasteiger partial charge on any atom is -0.493 e. The number of para-hydroxylation sites is 1. The highest BCUT2D eigenvalue weighted by atomic mass is 32.2. The molecular weight excluding hydrogens is 471 g/mol. The lowest BCUT2D eigenvalue weighted by Crippen LogP contribution is -2.38. The quantitative estimate of drug-likeness (QED) is 0.432. The molecule has 3 rings (SSSR count). The van der Waals surface area contributed by atoms with Crippen molar-refractivity contribution in [2.75, 3.05) is 30.4 Å². The first-order valence-electron chi connectivity index (χ1n) is 11.2. The van der Waals surface area contributed by atoms with Crippen molar-refractivity contribution in [3.8, 4) is 11.5 Å². The molecule has 186 valence electrons. The number of amides is 1. The van der Waals surface area contributed by atoms with E-state index in [-0.39, 0.29) is 16.3 Å². The van der Waals surface area contributed by atoms with Crippen LogP contribution in [0.15, 0.2) is 65.6 Å². The van der Waals surface area contributed by atoms with Crippen molar-refractivity contribution in [1.82, 2.24) is 0 Å². The van der Waals surface area contributed by atoms with E-state index in [0.29, 0.717) is 24.3 Å². The van der Waals surface area contributed by atoms with Gasteiger partial charge in [-0.3, -0.25) is 9.10 Å². The van der Waals surface area contributed by atoms with E-state index in [1.54, 1.807) is 0 Å². The molecule has 3 aromatic carbocycles. The lowest BCUT2D eigenvalue weighted by atomic mass is 10.0. The Morgan fingerprint density at radius 2 is 1.51 bits per heavy atom. The SMILES string of the molecule is CCc1cccc(CC)c1NC(=O)CN(c1ccc(F)cc1)S(=O)(=O)c1ccc(OC)c(OC)c1. The number of benzene rings is 3. The van der Waals surface area contributed by atoms with Crippen molar-refractivity contribution in [3.63, 3.8) is 0 Å². The van der Waals surface area contributed by atoms with Crippen LogP contribution in [0, 0.1) is 5.82 Å². The molecule has 0 bridgehead atoms. The van der Waals surface area contributed by atoms with E-state index in [9.17, 15) is 17.6 Å². The van der Waals surface area contributed by atoms with Gasteiger partial charge in [-0.2, -0.15) is 0 Å². The molecule has 0 radical (unpaired) electrons. The van der Waals surface area contributed by atoms with Crippen LogP contribution in [-0.2, 0) is 27.7 Å². The van der Waals surface area contributed by atoms with Gasteiger partial charge in [0.15, 0.2) is 11.5 Å². The molecule has 0 aromatic heterocycles. The van der Waals surface area contributed by atoms with Crippen molar-refractivity contribution in [1.29, 1.82) is 0 Å². The van der Waals surface area contributed by atoms with Crippen molar-refractivity contribution in [2.45, 2.75) is 31.6 Å². The maximum Gasteiger partial charge on any atom is 0.264 e. The molecule has 0 saturated heterocycles.